The summed E-state index contributed by atoms with van der Waals surface area (Å²) in [4.78, 5) is 6.71. The Bertz CT molecular complexity index is 496. The van der Waals surface area contributed by atoms with Crippen LogP contribution in [0.1, 0.15) is 18.7 Å². The number of hydrogen-bond acceptors (Lipinski definition) is 6. The summed E-state index contributed by atoms with van der Waals surface area (Å²) in [6.45, 7) is 2.71. The van der Waals surface area contributed by atoms with Crippen molar-refractivity contribution in [3.63, 3.8) is 0 Å². The van der Waals surface area contributed by atoms with Crippen molar-refractivity contribution in [2.24, 2.45) is 5.73 Å². The smallest absolute Gasteiger partial charge is 0.258 e. The molecule has 2 aromatic rings. The Morgan fingerprint density at radius 2 is 2.50 bits per heavy atom. The maximum absolute atomic E-state index is 5.96. The van der Waals surface area contributed by atoms with Crippen molar-refractivity contribution < 1.29 is 4.52 Å². The Hall–Kier alpha value is -1.24. The predicted octanol–water partition coefficient (Wildman–Crippen LogP) is 1.72. The van der Waals surface area contributed by atoms with E-state index in [4.69, 9.17) is 10.3 Å². The van der Waals surface area contributed by atoms with Gasteiger partial charge in [-0.3, -0.25) is 4.90 Å². The molecule has 0 aliphatic carbocycles. The number of thiophene rings is 1. The highest BCUT2D eigenvalue weighted by Crippen LogP contribution is 2.20. The average molecular weight is 264 g/mol. The molecule has 0 amide bonds. The average Bonchev–Trinajstić information content (AvgIpc) is 2.98. The van der Waals surface area contributed by atoms with E-state index in [1.165, 1.54) is 0 Å². The van der Waals surface area contributed by atoms with Crippen LogP contribution in [-0.4, -0.2) is 34.2 Å². The van der Waals surface area contributed by atoms with E-state index in [1.807, 2.05) is 16.8 Å². The van der Waals surface area contributed by atoms with Crippen LogP contribution in [0.3, 0.4) is 0 Å². The SMILES string of the molecule is NC1CCCN(Cc2noc(-c3ccsc3)n2)C1. The van der Waals surface area contributed by atoms with E-state index in [1.54, 1.807) is 11.3 Å². The molecule has 2 N–H and O–H groups in total. The number of piperidine rings is 1. The van der Waals surface area contributed by atoms with Crippen molar-refractivity contribution in [3.8, 4) is 11.5 Å². The van der Waals surface area contributed by atoms with E-state index in [9.17, 15) is 0 Å². The first kappa shape index (κ1) is 11.8. The highest BCUT2D eigenvalue weighted by molar-refractivity contribution is 7.08. The number of nitrogens with two attached hydrogens (primary N) is 1. The second-order valence-electron chi connectivity index (χ2n) is 4.67. The van der Waals surface area contributed by atoms with Gasteiger partial charge in [-0.15, -0.1) is 0 Å². The molecule has 1 unspecified atom stereocenters. The lowest BCUT2D eigenvalue weighted by Gasteiger charge is -2.29. The van der Waals surface area contributed by atoms with Crippen LogP contribution in [0.4, 0.5) is 0 Å². The molecular weight excluding hydrogens is 248 g/mol. The topological polar surface area (TPSA) is 68.2 Å². The highest BCUT2D eigenvalue weighted by atomic mass is 32.1. The van der Waals surface area contributed by atoms with Crippen molar-refractivity contribution >= 4 is 11.3 Å². The van der Waals surface area contributed by atoms with Gasteiger partial charge in [-0.2, -0.15) is 16.3 Å². The summed E-state index contributed by atoms with van der Waals surface area (Å²) in [5.74, 6) is 1.35. The van der Waals surface area contributed by atoms with E-state index >= 15 is 0 Å². The van der Waals surface area contributed by atoms with Gasteiger partial charge < -0.3 is 10.3 Å². The normalized spacial score (nSPS) is 21.3. The molecular formula is C12H16N4OS. The molecule has 1 saturated heterocycles. The van der Waals surface area contributed by atoms with Crippen molar-refractivity contribution in [1.82, 2.24) is 15.0 Å². The molecule has 96 valence electrons. The lowest BCUT2D eigenvalue weighted by Crippen LogP contribution is -2.42. The molecule has 0 aromatic carbocycles. The summed E-state index contributed by atoms with van der Waals surface area (Å²) in [6.07, 6.45) is 2.26. The first-order valence-corrected chi connectivity index (χ1v) is 7.08. The quantitative estimate of drug-likeness (QED) is 0.914. The first-order chi connectivity index (χ1) is 8.81. The van der Waals surface area contributed by atoms with Crippen LogP contribution in [0, 0.1) is 0 Å². The number of hydrogen-bond donors (Lipinski definition) is 1. The second-order valence-corrected chi connectivity index (χ2v) is 5.45. The molecule has 1 aliphatic rings. The molecule has 0 spiro atoms. The molecule has 0 bridgehead atoms. The minimum Gasteiger partial charge on any atom is -0.334 e. The van der Waals surface area contributed by atoms with Crippen molar-refractivity contribution in [1.29, 1.82) is 0 Å². The van der Waals surface area contributed by atoms with E-state index in [0.717, 1.165) is 43.9 Å². The van der Waals surface area contributed by atoms with Gasteiger partial charge in [0.05, 0.1) is 12.1 Å². The van der Waals surface area contributed by atoms with Gasteiger partial charge in [0.25, 0.3) is 5.89 Å². The van der Waals surface area contributed by atoms with Gasteiger partial charge in [-0.25, -0.2) is 0 Å². The van der Waals surface area contributed by atoms with Gasteiger partial charge in [0.15, 0.2) is 5.82 Å². The molecule has 3 heterocycles. The van der Waals surface area contributed by atoms with Crippen molar-refractivity contribution in [2.75, 3.05) is 13.1 Å². The maximum Gasteiger partial charge on any atom is 0.258 e. The van der Waals surface area contributed by atoms with Gasteiger partial charge in [0, 0.05) is 18.0 Å². The third-order valence-corrected chi connectivity index (χ3v) is 3.83. The Morgan fingerprint density at radius 1 is 1.56 bits per heavy atom. The zero-order valence-electron chi connectivity index (χ0n) is 10.1. The standard InChI is InChI=1S/C12H16N4OS/c13-10-2-1-4-16(6-10)7-11-14-12(17-15-11)9-3-5-18-8-9/h3,5,8,10H,1-2,4,6-7,13H2. The fourth-order valence-electron chi connectivity index (χ4n) is 2.26. The number of nitrogens with zero attached hydrogens (tertiary/aromatic N) is 3. The minimum atomic E-state index is 0.280. The van der Waals surface area contributed by atoms with Crippen molar-refractivity contribution in [3.05, 3.63) is 22.7 Å². The molecule has 3 rings (SSSR count). The molecule has 0 saturated carbocycles. The molecule has 1 atom stereocenters. The second kappa shape index (κ2) is 5.17. The van der Waals surface area contributed by atoms with Crippen LogP contribution in [0.25, 0.3) is 11.5 Å². The molecule has 1 fully saturated rings. The zero-order valence-corrected chi connectivity index (χ0v) is 10.9. The molecule has 18 heavy (non-hydrogen) atoms. The van der Waals surface area contributed by atoms with Crippen molar-refractivity contribution in [2.45, 2.75) is 25.4 Å². The Balaban J connectivity index is 1.66. The van der Waals surface area contributed by atoms with Crippen LogP contribution < -0.4 is 5.73 Å². The predicted molar refractivity (Wildman–Crippen MR) is 70.1 cm³/mol. The Morgan fingerprint density at radius 3 is 3.28 bits per heavy atom. The van der Waals surface area contributed by atoms with E-state index in [2.05, 4.69) is 15.0 Å². The minimum absolute atomic E-state index is 0.280. The van der Waals surface area contributed by atoms with Gasteiger partial charge in [-0.1, -0.05) is 5.16 Å². The summed E-state index contributed by atoms with van der Waals surface area (Å²) < 4.78 is 5.27. The summed E-state index contributed by atoms with van der Waals surface area (Å²) in [5.41, 5.74) is 6.95. The molecule has 6 heteroatoms. The first-order valence-electron chi connectivity index (χ1n) is 6.14. The number of aromatic nitrogens is 2. The fraction of sp³-hybridized carbons (Fsp3) is 0.500. The van der Waals surface area contributed by atoms with Crippen LogP contribution >= 0.6 is 11.3 Å². The van der Waals surface area contributed by atoms with Gasteiger partial charge in [0.1, 0.15) is 0 Å². The summed E-state index contributed by atoms with van der Waals surface area (Å²) >= 11 is 1.62. The van der Waals surface area contributed by atoms with Crippen LogP contribution in [0.5, 0.6) is 0 Å². The molecule has 1 aliphatic heterocycles. The van der Waals surface area contributed by atoms with Gasteiger partial charge >= 0.3 is 0 Å². The zero-order chi connectivity index (χ0) is 12.4. The fourth-order valence-corrected chi connectivity index (χ4v) is 2.89. The number of likely N-dealkylation sites (tertiary alicyclic amines) is 1. The third kappa shape index (κ3) is 2.60. The Kier molecular flexibility index (Phi) is 3.40. The molecule has 0 radical (unpaired) electrons. The Labute approximate surface area is 110 Å². The van der Waals surface area contributed by atoms with E-state index < -0.39 is 0 Å². The molecule has 2 aromatic heterocycles. The summed E-state index contributed by atoms with van der Waals surface area (Å²) in [6, 6.07) is 2.26. The summed E-state index contributed by atoms with van der Waals surface area (Å²) in [5, 5.41) is 8.04. The van der Waals surface area contributed by atoms with E-state index in [0.29, 0.717) is 5.89 Å². The summed E-state index contributed by atoms with van der Waals surface area (Å²) in [7, 11) is 0. The largest absolute Gasteiger partial charge is 0.334 e. The lowest BCUT2D eigenvalue weighted by molar-refractivity contribution is 0.195. The van der Waals surface area contributed by atoms with Gasteiger partial charge in [-0.05, 0) is 30.8 Å². The van der Waals surface area contributed by atoms with E-state index in [-0.39, 0.29) is 6.04 Å². The molecule has 5 nitrogen and oxygen atoms in total. The maximum atomic E-state index is 5.96. The number of rotatable bonds is 3. The lowest BCUT2D eigenvalue weighted by atomic mass is 10.1. The van der Waals surface area contributed by atoms with Crippen LogP contribution in [0.15, 0.2) is 21.3 Å². The monoisotopic (exact) mass is 264 g/mol. The highest BCUT2D eigenvalue weighted by Gasteiger charge is 2.19. The van der Waals surface area contributed by atoms with Crippen LogP contribution in [0.2, 0.25) is 0 Å². The van der Waals surface area contributed by atoms with Crippen LogP contribution in [-0.2, 0) is 6.54 Å². The third-order valence-electron chi connectivity index (χ3n) is 3.14. The van der Waals surface area contributed by atoms with Gasteiger partial charge in [0.2, 0.25) is 0 Å².